The van der Waals surface area contributed by atoms with Crippen LogP contribution in [0.25, 0.3) is 33.3 Å². The molecule has 1 aliphatic heterocycles. The first-order chi connectivity index (χ1) is 16.4. The van der Waals surface area contributed by atoms with Gasteiger partial charge in [0.1, 0.15) is 23.8 Å². The molecule has 0 saturated carbocycles. The van der Waals surface area contributed by atoms with E-state index in [1.165, 1.54) is 0 Å². The van der Waals surface area contributed by atoms with Gasteiger partial charge in [-0.25, -0.2) is 4.98 Å². The van der Waals surface area contributed by atoms with E-state index in [2.05, 4.69) is 40.1 Å². The largest absolute Gasteiger partial charge is 0.496 e. The number of pyridine rings is 1. The lowest BCUT2D eigenvalue weighted by Gasteiger charge is -2.16. The monoisotopic (exact) mass is 456 g/mol. The topological polar surface area (TPSA) is 70.7 Å². The van der Waals surface area contributed by atoms with Crippen molar-refractivity contribution in [3.8, 4) is 33.8 Å². The van der Waals surface area contributed by atoms with Crippen LogP contribution in [0, 0.1) is 0 Å². The standard InChI is InChI=1S/C27H28N4O3/c1-30(2)27(32)18-7-5-17(6-8-18)22-15-29-26-21(22)11-20(14-28-26)19-12-24(33-4)23-16-31(3)9-10-34-25(23)13-19/h5-8,11-15H,9-10,16H2,1-4H3,(H,28,29). The van der Waals surface area contributed by atoms with Gasteiger partial charge in [-0.3, -0.25) is 9.69 Å². The van der Waals surface area contributed by atoms with Gasteiger partial charge in [0.2, 0.25) is 0 Å². The number of ether oxygens (including phenoxy) is 2. The molecule has 2 aromatic heterocycles. The predicted molar refractivity (Wildman–Crippen MR) is 133 cm³/mol. The maximum atomic E-state index is 12.2. The summed E-state index contributed by atoms with van der Waals surface area (Å²) in [5.41, 5.74) is 6.57. The molecule has 0 spiro atoms. The maximum Gasteiger partial charge on any atom is 0.253 e. The van der Waals surface area contributed by atoms with E-state index in [0.29, 0.717) is 12.2 Å². The highest BCUT2D eigenvalue weighted by molar-refractivity contribution is 5.98. The summed E-state index contributed by atoms with van der Waals surface area (Å²) in [4.78, 5) is 24.0. The van der Waals surface area contributed by atoms with Gasteiger partial charge in [-0.2, -0.15) is 0 Å². The van der Waals surface area contributed by atoms with Crippen LogP contribution in [0.1, 0.15) is 15.9 Å². The second-order valence-corrected chi connectivity index (χ2v) is 8.84. The molecule has 174 valence electrons. The lowest BCUT2D eigenvalue weighted by molar-refractivity contribution is 0.0827. The van der Waals surface area contributed by atoms with Crippen molar-refractivity contribution >= 4 is 16.9 Å². The van der Waals surface area contributed by atoms with Gasteiger partial charge in [0.25, 0.3) is 5.91 Å². The number of H-pyrrole nitrogens is 1. The average molecular weight is 457 g/mol. The van der Waals surface area contributed by atoms with Crippen LogP contribution in [-0.2, 0) is 6.54 Å². The van der Waals surface area contributed by atoms with Gasteiger partial charge in [0, 0.05) is 61.7 Å². The Kier molecular flexibility index (Phi) is 5.71. The number of hydrogen-bond acceptors (Lipinski definition) is 5. The first-order valence-electron chi connectivity index (χ1n) is 11.3. The molecule has 0 radical (unpaired) electrons. The summed E-state index contributed by atoms with van der Waals surface area (Å²) in [7, 11) is 7.29. The van der Waals surface area contributed by atoms with Gasteiger partial charge in [-0.15, -0.1) is 0 Å². The van der Waals surface area contributed by atoms with Crippen LogP contribution in [0.15, 0.2) is 54.9 Å². The first-order valence-corrected chi connectivity index (χ1v) is 11.3. The smallest absolute Gasteiger partial charge is 0.253 e. The molecular weight excluding hydrogens is 428 g/mol. The molecule has 0 atom stereocenters. The normalized spacial score (nSPS) is 13.8. The molecule has 0 fully saturated rings. The Hall–Kier alpha value is -3.84. The second-order valence-electron chi connectivity index (χ2n) is 8.84. The van der Waals surface area contributed by atoms with Crippen molar-refractivity contribution in [2.45, 2.75) is 6.54 Å². The second kappa shape index (κ2) is 8.83. The van der Waals surface area contributed by atoms with Gasteiger partial charge < -0.3 is 19.4 Å². The van der Waals surface area contributed by atoms with E-state index < -0.39 is 0 Å². The number of aromatic amines is 1. The van der Waals surface area contributed by atoms with Crippen molar-refractivity contribution in [3.05, 3.63) is 66.0 Å². The molecule has 5 rings (SSSR count). The number of amides is 1. The zero-order chi connectivity index (χ0) is 23.8. The van der Waals surface area contributed by atoms with Crippen molar-refractivity contribution in [1.82, 2.24) is 19.8 Å². The van der Waals surface area contributed by atoms with Crippen LogP contribution in [0.5, 0.6) is 11.5 Å². The van der Waals surface area contributed by atoms with Crippen LogP contribution in [-0.4, -0.2) is 67.1 Å². The third-order valence-electron chi connectivity index (χ3n) is 6.26. The Balaban J connectivity index is 1.55. The number of fused-ring (bicyclic) bond motifs is 2. The lowest BCUT2D eigenvalue weighted by atomic mass is 9.99. The van der Waals surface area contributed by atoms with Crippen molar-refractivity contribution in [2.75, 3.05) is 41.4 Å². The molecule has 1 aliphatic rings. The molecule has 3 heterocycles. The summed E-state index contributed by atoms with van der Waals surface area (Å²) >= 11 is 0. The minimum atomic E-state index is -0.0139. The Morgan fingerprint density at radius 2 is 1.91 bits per heavy atom. The highest BCUT2D eigenvalue weighted by Gasteiger charge is 2.19. The van der Waals surface area contributed by atoms with E-state index in [-0.39, 0.29) is 5.91 Å². The zero-order valence-corrected chi connectivity index (χ0v) is 19.9. The van der Waals surface area contributed by atoms with E-state index in [1.807, 2.05) is 36.7 Å². The predicted octanol–water partition coefficient (Wildman–Crippen LogP) is 4.43. The number of likely N-dealkylation sites (N-methyl/N-ethyl adjacent to an activating group) is 1. The highest BCUT2D eigenvalue weighted by atomic mass is 16.5. The van der Waals surface area contributed by atoms with Gasteiger partial charge in [-0.05, 0) is 48.5 Å². The molecule has 0 unspecified atom stereocenters. The van der Waals surface area contributed by atoms with E-state index in [9.17, 15) is 4.79 Å². The van der Waals surface area contributed by atoms with Crippen molar-refractivity contribution in [1.29, 1.82) is 0 Å². The number of methoxy groups -OCH3 is 1. The van der Waals surface area contributed by atoms with E-state index >= 15 is 0 Å². The summed E-state index contributed by atoms with van der Waals surface area (Å²) in [6.07, 6.45) is 3.83. The van der Waals surface area contributed by atoms with Crippen LogP contribution in [0.2, 0.25) is 0 Å². The number of carbonyl (C=O) groups excluding carboxylic acids is 1. The summed E-state index contributed by atoms with van der Waals surface area (Å²) in [5.74, 6) is 1.66. The van der Waals surface area contributed by atoms with Gasteiger partial charge in [0.15, 0.2) is 0 Å². The fraction of sp³-hybridized carbons (Fsp3) is 0.259. The molecule has 7 nitrogen and oxygen atoms in total. The molecule has 7 heteroatoms. The summed E-state index contributed by atoms with van der Waals surface area (Å²) in [6.45, 7) is 2.29. The minimum absolute atomic E-state index is 0.0139. The zero-order valence-electron chi connectivity index (χ0n) is 19.9. The van der Waals surface area contributed by atoms with E-state index in [1.54, 1.807) is 26.1 Å². The SMILES string of the molecule is COc1cc(-c2cnc3[nH]cc(-c4ccc(C(=O)N(C)C)cc4)c3c2)cc2c1CN(C)CCO2. The molecule has 0 aliphatic carbocycles. The number of nitrogens with zero attached hydrogens (tertiary/aromatic N) is 3. The highest BCUT2D eigenvalue weighted by Crippen LogP contribution is 2.38. The fourth-order valence-corrected chi connectivity index (χ4v) is 4.36. The maximum absolute atomic E-state index is 12.2. The number of carbonyl (C=O) groups is 1. The molecule has 1 N–H and O–H groups in total. The Bertz CT molecular complexity index is 1360. The Morgan fingerprint density at radius 1 is 1.12 bits per heavy atom. The van der Waals surface area contributed by atoms with Crippen LogP contribution in [0.3, 0.4) is 0 Å². The fourth-order valence-electron chi connectivity index (χ4n) is 4.36. The number of hydrogen-bond donors (Lipinski definition) is 1. The van der Waals surface area contributed by atoms with Crippen molar-refractivity contribution < 1.29 is 14.3 Å². The van der Waals surface area contributed by atoms with Crippen LogP contribution < -0.4 is 9.47 Å². The summed E-state index contributed by atoms with van der Waals surface area (Å²) in [6, 6.07) is 13.9. The van der Waals surface area contributed by atoms with E-state index in [0.717, 1.165) is 63.4 Å². The quantitative estimate of drug-likeness (QED) is 0.492. The Labute approximate surface area is 198 Å². The van der Waals surface area contributed by atoms with Gasteiger partial charge >= 0.3 is 0 Å². The number of nitrogens with one attached hydrogen (secondary N) is 1. The minimum Gasteiger partial charge on any atom is -0.496 e. The van der Waals surface area contributed by atoms with E-state index in [4.69, 9.17) is 9.47 Å². The first kappa shape index (κ1) is 22.0. The van der Waals surface area contributed by atoms with Crippen LogP contribution >= 0.6 is 0 Å². The number of rotatable bonds is 4. The lowest BCUT2D eigenvalue weighted by Crippen LogP contribution is -2.21. The molecule has 0 bridgehead atoms. The van der Waals surface area contributed by atoms with Crippen molar-refractivity contribution in [3.63, 3.8) is 0 Å². The number of benzene rings is 2. The Morgan fingerprint density at radius 3 is 2.65 bits per heavy atom. The molecular formula is C27H28N4O3. The summed E-state index contributed by atoms with van der Waals surface area (Å²) in [5, 5.41) is 1.01. The third-order valence-corrected chi connectivity index (χ3v) is 6.26. The van der Waals surface area contributed by atoms with Gasteiger partial charge in [0.05, 0.1) is 12.7 Å². The summed E-state index contributed by atoms with van der Waals surface area (Å²) < 4.78 is 11.8. The van der Waals surface area contributed by atoms with Gasteiger partial charge in [-0.1, -0.05) is 12.1 Å². The number of aromatic nitrogens is 2. The molecule has 34 heavy (non-hydrogen) atoms. The molecule has 2 aromatic carbocycles. The molecule has 1 amide bonds. The molecule has 4 aromatic rings. The third kappa shape index (κ3) is 3.99. The van der Waals surface area contributed by atoms with Crippen molar-refractivity contribution in [2.24, 2.45) is 0 Å². The average Bonchev–Trinajstić information content (AvgIpc) is 3.17. The molecule has 0 saturated heterocycles. The van der Waals surface area contributed by atoms with Crippen LogP contribution in [0.4, 0.5) is 0 Å².